The van der Waals surface area contributed by atoms with Gasteiger partial charge in [0, 0.05) is 11.7 Å². The van der Waals surface area contributed by atoms with Gasteiger partial charge in [-0.15, -0.1) is 0 Å². The molecular weight excluding hydrogens is 245 g/mol. The SMILES string of the molecule is O=S(=O)(O)O.[KH].c1ccc2[nH]ccc2c1. The molecule has 0 spiro atoms. The molecule has 7 heteroatoms. The van der Waals surface area contributed by atoms with Gasteiger partial charge in [-0.25, -0.2) is 0 Å². The molecule has 0 amide bonds. The van der Waals surface area contributed by atoms with Crippen molar-refractivity contribution in [2.24, 2.45) is 0 Å². The summed E-state index contributed by atoms with van der Waals surface area (Å²) in [5.41, 5.74) is 1.21. The van der Waals surface area contributed by atoms with Crippen LogP contribution in [-0.4, -0.2) is 73.9 Å². The molecule has 0 bridgehead atoms. The van der Waals surface area contributed by atoms with Crippen molar-refractivity contribution in [3.8, 4) is 0 Å². The number of H-pyrrole nitrogens is 1. The molecule has 15 heavy (non-hydrogen) atoms. The van der Waals surface area contributed by atoms with Gasteiger partial charge in [0.05, 0.1) is 0 Å². The first-order chi connectivity index (χ1) is 6.47. The normalized spacial score (nSPS) is 10.0. The third-order valence-electron chi connectivity index (χ3n) is 1.46. The van der Waals surface area contributed by atoms with E-state index in [2.05, 4.69) is 23.2 Å². The van der Waals surface area contributed by atoms with Gasteiger partial charge in [0.2, 0.25) is 0 Å². The number of para-hydroxylation sites is 1. The van der Waals surface area contributed by atoms with E-state index in [0.29, 0.717) is 0 Å². The number of aromatic amines is 1. The topological polar surface area (TPSA) is 90.4 Å². The number of benzene rings is 1. The van der Waals surface area contributed by atoms with E-state index in [1.165, 1.54) is 10.9 Å². The Balaban J connectivity index is 0.000000289. The van der Waals surface area contributed by atoms with Gasteiger partial charge in [0.15, 0.2) is 0 Å². The molecule has 1 heterocycles. The molecule has 0 aliphatic heterocycles. The molecule has 0 aliphatic rings. The first kappa shape index (κ1) is 15.3. The van der Waals surface area contributed by atoms with E-state index >= 15 is 0 Å². The van der Waals surface area contributed by atoms with Gasteiger partial charge < -0.3 is 4.98 Å². The molecular formula is C8H10KNO4S. The molecule has 2 aromatic rings. The maximum atomic E-state index is 8.74. The van der Waals surface area contributed by atoms with E-state index in [9.17, 15) is 0 Å². The first-order valence-electron chi connectivity index (χ1n) is 3.69. The minimum atomic E-state index is -4.67. The van der Waals surface area contributed by atoms with Crippen molar-refractivity contribution in [2.45, 2.75) is 0 Å². The van der Waals surface area contributed by atoms with E-state index in [0.717, 1.165) is 0 Å². The summed E-state index contributed by atoms with van der Waals surface area (Å²) in [6.07, 6.45) is 1.95. The Kier molecular flexibility index (Phi) is 6.88. The predicted octanol–water partition coefficient (Wildman–Crippen LogP) is 0.867. The van der Waals surface area contributed by atoms with E-state index < -0.39 is 10.4 Å². The Labute approximate surface area is 130 Å². The molecule has 1 aromatic carbocycles. The minimum Gasteiger partial charge on any atom is -0.361 e. The zero-order valence-corrected chi connectivity index (χ0v) is 7.90. The Morgan fingerprint density at radius 1 is 1.07 bits per heavy atom. The van der Waals surface area contributed by atoms with Crippen LogP contribution in [0.1, 0.15) is 0 Å². The monoisotopic (exact) mass is 255 g/mol. The third kappa shape index (κ3) is 7.20. The molecule has 5 nitrogen and oxygen atoms in total. The van der Waals surface area contributed by atoms with Crippen LogP contribution in [0, 0.1) is 0 Å². The number of aromatic nitrogens is 1. The quantitative estimate of drug-likeness (QED) is 0.481. The largest absolute Gasteiger partial charge is 0.361 e. The maximum Gasteiger partial charge on any atom is 0.0453 e. The van der Waals surface area contributed by atoms with Crippen LogP contribution in [0.25, 0.3) is 10.9 Å². The standard InChI is InChI=1S/C8H7N.K.H2O4S.H/c1-2-4-8-7(3-1)5-6-9-8;;1-5(2,3)4;/h1-6,9H;;(H2,1,2,3,4);. The number of hydrogen-bond acceptors (Lipinski definition) is 2. The predicted molar refractivity (Wildman–Crippen MR) is 59.6 cm³/mol. The zero-order chi connectivity index (χ0) is 10.6. The maximum absolute atomic E-state index is 8.74. The van der Waals surface area contributed by atoms with Crippen LogP contribution in [0.3, 0.4) is 0 Å². The van der Waals surface area contributed by atoms with Crippen molar-refractivity contribution < 1.29 is 17.5 Å². The number of hydrogen-bond donors (Lipinski definition) is 3. The average Bonchev–Trinajstić information content (AvgIpc) is 2.47. The summed E-state index contributed by atoms with van der Waals surface area (Å²) in [6, 6.07) is 10.3. The second kappa shape index (κ2) is 6.76. The van der Waals surface area contributed by atoms with Crippen molar-refractivity contribution in [3.63, 3.8) is 0 Å². The Morgan fingerprint density at radius 3 is 2.13 bits per heavy atom. The van der Waals surface area contributed by atoms with Crippen LogP contribution in [0.5, 0.6) is 0 Å². The molecule has 1 aromatic heterocycles. The van der Waals surface area contributed by atoms with E-state index in [-0.39, 0.29) is 51.4 Å². The average molecular weight is 255 g/mol. The molecule has 2 rings (SSSR count). The van der Waals surface area contributed by atoms with Crippen LogP contribution >= 0.6 is 0 Å². The fourth-order valence-corrected chi connectivity index (χ4v) is 0.995. The van der Waals surface area contributed by atoms with E-state index in [4.69, 9.17) is 17.5 Å². The second-order valence-electron chi connectivity index (χ2n) is 2.51. The molecule has 0 aliphatic carbocycles. The van der Waals surface area contributed by atoms with Crippen LogP contribution < -0.4 is 0 Å². The van der Waals surface area contributed by atoms with Crippen LogP contribution in [-0.2, 0) is 10.4 Å². The third-order valence-corrected chi connectivity index (χ3v) is 1.46. The smallest absolute Gasteiger partial charge is 0.0453 e. The summed E-state index contributed by atoms with van der Waals surface area (Å²) in [5.74, 6) is 0. The fourth-order valence-electron chi connectivity index (χ4n) is 0.995. The first-order valence-corrected chi connectivity index (χ1v) is 5.08. The van der Waals surface area contributed by atoms with Crippen molar-refractivity contribution in [2.75, 3.05) is 0 Å². The summed E-state index contributed by atoms with van der Waals surface area (Å²) >= 11 is 0. The van der Waals surface area contributed by atoms with Gasteiger partial charge in [-0.05, 0) is 17.5 Å². The molecule has 78 valence electrons. The van der Waals surface area contributed by atoms with Crippen LogP contribution in [0.4, 0.5) is 0 Å². The number of nitrogens with one attached hydrogen (secondary N) is 1. The number of fused-ring (bicyclic) bond motifs is 1. The summed E-state index contributed by atoms with van der Waals surface area (Å²) < 4.78 is 31.6. The van der Waals surface area contributed by atoms with Crippen molar-refractivity contribution in [1.29, 1.82) is 0 Å². The van der Waals surface area contributed by atoms with Gasteiger partial charge in [-0.1, -0.05) is 18.2 Å². The Morgan fingerprint density at radius 2 is 1.60 bits per heavy atom. The van der Waals surface area contributed by atoms with Crippen LogP contribution in [0.15, 0.2) is 36.5 Å². The van der Waals surface area contributed by atoms with Gasteiger partial charge in [0.25, 0.3) is 0 Å². The molecule has 0 radical (unpaired) electrons. The van der Waals surface area contributed by atoms with Crippen molar-refractivity contribution >= 4 is 72.7 Å². The van der Waals surface area contributed by atoms with Gasteiger partial charge in [-0.3, -0.25) is 9.11 Å². The van der Waals surface area contributed by atoms with Crippen molar-refractivity contribution in [1.82, 2.24) is 4.98 Å². The fraction of sp³-hybridized carbons (Fsp3) is 0. The summed E-state index contributed by atoms with van der Waals surface area (Å²) in [4.78, 5) is 3.12. The van der Waals surface area contributed by atoms with Gasteiger partial charge in [0.1, 0.15) is 0 Å². The van der Waals surface area contributed by atoms with Crippen LogP contribution in [0.2, 0.25) is 0 Å². The summed E-state index contributed by atoms with van der Waals surface area (Å²) in [5, 5.41) is 1.28. The van der Waals surface area contributed by atoms with E-state index in [1.807, 2.05) is 18.3 Å². The van der Waals surface area contributed by atoms with Gasteiger partial charge in [-0.2, -0.15) is 8.42 Å². The second-order valence-corrected chi connectivity index (χ2v) is 3.41. The Hall–Kier alpha value is 0.266. The minimum absolute atomic E-state index is 0. The molecule has 0 fully saturated rings. The zero-order valence-electron chi connectivity index (χ0n) is 7.08. The molecule has 0 saturated carbocycles. The number of rotatable bonds is 0. The molecule has 0 atom stereocenters. The van der Waals surface area contributed by atoms with Crippen molar-refractivity contribution in [3.05, 3.63) is 36.5 Å². The van der Waals surface area contributed by atoms with E-state index in [1.54, 1.807) is 0 Å². The summed E-state index contributed by atoms with van der Waals surface area (Å²) in [6.45, 7) is 0. The van der Waals surface area contributed by atoms with Gasteiger partial charge >= 0.3 is 61.8 Å². The molecule has 0 unspecified atom stereocenters. The molecule has 3 N–H and O–H groups in total. The molecule has 0 saturated heterocycles. The summed E-state index contributed by atoms with van der Waals surface area (Å²) in [7, 11) is -4.67. The Bertz CT molecular complexity index is 470.